The number of hydrogen-bond donors (Lipinski definition) is 1. The van der Waals surface area contributed by atoms with Gasteiger partial charge >= 0.3 is 17.9 Å². The minimum Gasteiger partial charge on any atom is -0.477 e. The van der Waals surface area contributed by atoms with Crippen molar-refractivity contribution in [3.8, 4) is 0 Å². The van der Waals surface area contributed by atoms with Crippen LogP contribution in [0.25, 0.3) is 0 Å². The molecule has 0 aromatic rings. The molecule has 0 bridgehead atoms. The molecule has 8 nitrogen and oxygen atoms in total. The minimum absolute atomic E-state index is 0.0463. The van der Waals surface area contributed by atoms with E-state index in [1.807, 2.05) is 21.1 Å². The van der Waals surface area contributed by atoms with E-state index in [9.17, 15) is 19.5 Å². The second-order valence-electron chi connectivity index (χ2n) is 20.2. The van der Waals surface area contributed by atoms with Crippen LogP contribution in [0, 0.1) is 0 Å². The highest BCUT2D eigenvalue weighted by molar-refractivity contribution is 5.72. The maximum absolute atomic E-state index is 12.8. The van der Waals surface area contributed by atoms with Crippen molar-refractivity contribution in [3.63, 3.8) is 0 Å². The van der Waals surface area contributed by atoms with Crippen LogP contribution in [-0.2, 0) is 28.6 Å². The van der Waals surface area contributed by atoms with Crippen LogP contribution in [0.3, 0.4) is 0 Å². The number of carboxylic acids is 1. The number of rotatable bonds is 51. The van der Waals surface area contributed by atoms with E-state index in [1.165, 1.54) is 128 Å². The summed E-state index contributed by atoms with van der Waals surface area (Å²) >= 11 is 0. The van der Waals surface area contributed by atoms with E-state index in [2.05, 4.69) is 86.8 Å². The maximum Gasteiger partial charge on any atom is 0.362 e. The van der Waals surface area contributed by atoms with Gasteiger partial charge < -0.3 is 23.8 Å². The molecular formula is C61H108NO7+. The van der Waals surface area contributed by atoms with E-state index < -0.39 is 18.1 Å². The Morgan fingerprint density at radius 1 is 0.449 bits per heavy atom. The first-order valence-corrected chi connectivity index (χ1v) is 28.5. The van der Waals surface area contributed by atoms with Crippen LogP contribution in [0.1, 0.15) is 245 Å². The molecule has 0 aromatic heterocycles. The molecule has 0 saturated heterocycles. The summed E-state index contributed by atoms with van der Waals surface area (Å²) in [6.45, 7) is 4.62. The van der Waals surface area contributed by atoms with Crippen molar-refractivity contribution in [2.75, 3.05) is 41.0 Å². The Hall–Kier alpha value is -3.23. The number of quaternary nitrogens is 1. The summed E-state index contributed by atoms with van der Waals surface area (Å²) in [7, 11) is 5.53. The predicted molar refractivity (Wildman–Crippen MR) is 294 cm³/mol. The summed E-state index contributed by atoms with van der Waals surface area (Å²) in [6, 6.07) is -0.625. The molecule has 0 spiro atoms. The molecular weight excluding hydrogens is 859 g/mol. The lowest BCUT2D eigenvalue weighted by Gasteiger charge is -2.31. The number of carbonyl (C=O) groups excluding carboxylic acids is 2. The van der Waals surface area contributed by atoms with Crippen molar-refractivity contribution in [2.45, 2.75) is 257 Å². The fourth-order valence-corrected chi connectivity index (χ4v) is 8.27. The number of carboxylic acid groups (broad SMARTS) is 1. The summed E-state index contributed by atoms with van der Waals surface area (Å²) < 4.78 is 17.4. The third-order valence-corrected chi connectivity index (χ3v) is 12.6. The lowest BCUT2D eigenvalue weighted by molar-refractivity contribution is -0.887. The topological polar surface area (TPSA) is 99.1 Å². The molecule has 0 aliphatic rings. The van der Waals surface area contributed by atoms with Gasteiger partial charge in [-0.15, -0.1) is 0 Å². The Balaban J connectivity index is 4.23. The largest absolute Gasteiger partial charge is 0.477 e. The van der Waals surface area contributed by atoms with Gasteiger partial charge in [0.25, 0.3) is 0 Å². The lowest BCUT2D eigenvalue weighted by atomic mass is 10.0. The quantitative estimate of drug-likeness (QED) is 0.0281. The van der Waals surface area contributed by atoms with Gasteiger partial charge in [-0.2, -0.15) is 0 Å². The fourth-order valence-electron chi connectivity index (χ4n) is 8.27. The third kappa shape index (κ3) is 49.5. The second kappa shape index (κ2) is 51.1. The summed E-state index contributed by atoms with van der Waals surface area (Å²) in [5, 5.41) is 9.68. The van der Waals surface area contributed by atoms with Crippen molar-refractivity contribution in [1.82, 2.24) is 0 Å². The van der Waals surface area contributed by atoms with E-state index in [4.69, 9.17) is 14.2 Å². The molecule has 8 heteroatoms. The van der Waals surface area contributed by atoms with Crippen molar-refractivity contribution >= 4 is 17.9 Å². The van der Waals surface area contributed by atoms with Gasteiger partial charge in [-0.25, -0.2) is 4.79 Å². The molecule has 1 N–H and O–H groups in total. The van der Waals surface area contributed by atoms with E-state index in [0.717, 1.165) is 83.5 Å². The smallest absolute Gasteiger partial charge is 0.362 e. The molecule has 0 saturated carbocycles. The Labute approximate surface area is 425 Å². The summed E-state index contributed by atoms with van der Waals surface area (Å²) in [5.74, 6) is -1.50. The molecule has 2 atom stereocenters. The third-order valence-electron chi connectivity index (χ3n) is 12.6. The Kier molecular flexibility index (Phi) is 48.7. The lowest BCUT2D eigenvalue weighted by Crippen LogP contribution is -2.50. The second-order valence-corrected chi connectivity index (χ2v) is 20.2. The zero-order valence-corrected chi connectivity index (χ0v) is 45.5. The first kappa shape index (κ1) is 65.8. The zero-order valence-electron chi connectivity index (χ0n) is 45.5. The van der Waals surface area contributed by atoms with E-state index in [0.29, 0.717) is 12.8 Å². The summed E-state index contributed by atoms with van der Waals surface area (Å²) in [5.41, 5.74) is 0. The van der Waals surface area contributed by atoms with Crippen LogP contribution in [0.2, 0.25) is 0 Å². The maximum atomic E-state index is 12.8. The van der Waals surface area contributed by atoms with Crippen molar-refractivity contribution in [3.05, 3.63) is 72.9 Å². The number of allylic oxidation sites excluding steroid dienone is 12. The van der Waals surface area contributed by atoms with E-state index in [1.54, 1.807) is 0 Å². The average Bonchev–Trinajstić information content (AvgIpc) is 3.31. The fraction of sp³-hybridized carbons (Fsp3) is 0.754. The number of unbranched alkanes of at least 4 members (excludes halogenated alkanes) is 25. The molecule has 0 aromatic carbocycles. The molecule has 69 heavy (non-hydrogen) atoms. The molecule has 0 heterocycles. The number of carbonyl (C=O) groups is 3. The van der Waals surface area contributed by atoms with Gasteiger partial charge in [0, 0.05) is 19.3 Å². The number of aliphatic carboxylic acids is 1. The Morgan fingerprint density at radius 2 is 0.812 bits per heavy atom. The first-order valence-electron chi connectivity index (χ1n) is 28.5. The summed E-state index contributed by atoms with van der Waals surface area (Å²) in [6.07, 6.45) is 66.8. The van der Waals surface area contributed by atoms with Gasteiger partial charge in [-0.3, -0.25) is 9.59 Å². The average molecular weight is 968 g/mol. The van der Waals surface area contributed by atoms with Gasteiger partial charge in [0.2, 0.25) is 0 Å². The van der Waals surface area contributed by atoms with Crippen LogP contribution in [0.15, 0.2) is 72.9 Å². The van der Waals surface area contributed by atoms with Gasteiger partial charge in [-0.05, 0) is 64.2 Å². The molecule has 0 rings (SSSR count). The van der Waals surface area contributed by atoms with Crippen LogP contribution in [0.5, 0.6) is 0 Å². The van der Waals surface area contributed by atoms with Crippen molar-refractivity contribution in [2.24, 2.45) is 0 Å². The minimum atomic E-state index is -0.880. The summed E-state index contributed by atoms with van der Waals surface area (Å²) in [4.78, 5) is 37.3. The van der Waals surface area contributed by atoms with Crippen LogP contribution < -0.4 is 0 Å². The van der Waals surface area contributed by atoms with Crippen LogP contribution in [0.4, 0.5) is 0 Å². The molecule has 0 aliphatic heterocycles. The Bertz CT molecular complexity index is 1360. The number of ether oxygens (including phenoxy) is 3. The first-order chi connectivity index (χ1) is 33.6. The van der Waals surface area contributed by atoms with Gasteiger partial charge in [0.15, 0.2) is 12.1 Å². The van der Waals surface area contributed by atoms with Crippen LogP contribution >= 0.6 is 0 Å². The molecule has 2 unspecified atom stereocenters. The van der Waals surface area contributed by atoms with E-state index >= 15 is 0 Å². The molecule has 0 aliphatic carbocycles. The van der Waals surface area contributed by atoms with Crippen molar-refractivity contribution < 1.29 is 38.2 Å². The molecule has 398 valence electrons. The van der Waals surface area contributed by atoms with Gasteiger partial charge in [0.05, 0.1) is 34.4 Å². The predicted octanol–water partition coefficient (Wildman–Crippen LogP) is 17.0. The molecule has 0 fully saturated rings. The van der Waals surface area contributed by atoms with Gasteiger partial charge in [0.1, 0.15) is 6.61 Å². The Morgan fingerprint density at radius 3 is 1.20 bits per heavy atom. The highest BCUT2D eigenvalue weighted by Gasteiger charge is 2.31. The molecule has 0 radical (unpaired) electrons. The number of esters is 2. The SMILES string of the molecule is CC/C=C/C/C=C/C/C=C/C/C=C/C/C=C/C/C=C/CCCCCC(=O)OC(COCCC(C(=O)O)[N+](C)(C)C)COC(=O)CCCCCCCCCCCCCCCCCCCCCCCCC. The number of likely N-dealkylation sites (N-methyl/N-ethyl adjacent to an activating group) is 1. The normalized spacial score (nSPS) is 13.3. The number of hydrogen-bond acceptors (Lipinski definition) is 6. The monoisotopic (exact) mass is 967 g/mol. The van der Waals surface area contributed by atoms with E-state index in [-0.39, 0.29) is 42.7 Å². The standard InChI is InChI=1S/C61H107NO7/c1-6-8-10-12-14-16-18-20-22-24-26-28-30-32-33-35-37-39-41-43-45-47-49-51-59(63)68-56-57(55-67-54-53-58(61(65)66)62(3,4)5)69-60(64)52-50-48-46-44-42-40-38-36-34-31-29-27-25-23-21-19-17-15-13-11-9-7-2/h9,11,15,17,21,23,27,29,34,36,40,42,57-58H,6-8,10,12-14,16,18-20,22,24-26,28,30-33,35,37-39,41,43-56H2,1-5H3/p+1/b11-9+,17-15+,23-21+,29-27+,36-34+,42-40+. The van der Waals surface area contributed by atoms with Crippen molar-refractivity contribution in [1.29, 1.82) is 0 Å². The highest BCUT2D eigenvalue weighted by atomic mass is 16.6. The zero-order chi connectivity index (χ0) is 50.6. The highest BCUT2D eigenvalue weighted by Crippen LogP contribution is 2.17. The number of nitrogens with zero attached hydrogens (tertiary/aromatic N) is 1. The molecule has 0 amide bonds. The van der Waals surface area contributed by atoms with Crippen LogP contribution in [-0.4, -0.2) is 80.6 Å². The van der Waals surface area contributed by atoms with Gasteiger partial charge in [-0.1, -0.05) is 234 Å².